The summed E-state index contributed by atoms with van der Waals surface area (Å²) in [6.07, 6.45) is 4.23. The van der Waals surface area contributed by atoms with Gasteiger partial charge in [-0.25, -0.2) is 0 Å². The van der Waals surface area contributed by atoms with Crippen molar-refractivity contribution in [2.45, 2.75) is 19.3 Å². The van der Waals surface area contributed by atoms with E-state index in [0.29, 0.717) is 18.6 Å². The average molecular weight is 278 g/mol. The quantitative estimate of drug-likeness (QED) is 0.453. The highest BCUT2D eigenvalue weighted by Crippen LogP contribution is 2.22. The summed E-state index contributed by atoms with van der Waals surface area (Å²) in [7, 11) is 0. The summed E-state index contributed by atoms with van der Waals surface area (Å²) in [6, 6.07) is 4.25. The fourth-order valence-electron chi connectivity index (χ4n) is 2.36. The Morgan fingerprint density at radius 1 is 1.30 bits per heavy atom. The summed E-state index contributed by atoms with van der Waals surface area (Å²) < 4.78 is 5.56. The Morgan fingerprint density at radius 2 is 2.05 bits per heavy atom. The first-order valence-electron chi connectivity index (χ1n) is 6.79. The van der Waals surface area contributed by atoms with Gasteiger partial charge in [-0.1, -0.05) is 6.42 Å². The zero-order chi connectivity index (χ0) is 14.4. The number of carbonyl (C=O) groups excluding carboxylic acids is 1. The van der Waals surface area contributed by atoms with Gasteiger partial charge in [-0.05, 0) is 38.1 Å². The molecule has 20 heavy (non-hydrogen) atoms. The van der Waals surface area contributed by atoms with Gasteiger partial charge in [0.05, 0.1) is 10.5 Å². The van der Waals surface area contributed by atoms with Crippen molar-refractivity contribution in [2.75, 3.05) is 26.2 Å². The molecule has 2 rings (SSSR count). The van der Waals surface area contributed by atoms with Crippen LogP contribution in [0.4, 0.5) is 5.69 Å². The third-order valence-corrected chi connectivity index (χ3v) is 3.45. The molecule has 1 saturated heterocycles. The Labute approximate surface area is 117 Å². The lowest BCUT2D eigenvalue weighted by molar-refractivity contribution is -0.385. The van der Waals surface area contributed by atoms with Crippen LogP contribution in [0.3, 0.4) is 0 Å². The molecule has 0 bridgehead atoms. The van der Waals surface area contributed by atoms with Crippen molar-refractivity contribution in [3.63, 3.8) is 0 Å². The van der Waals surface area contributed by atoms with E-state index in [1.807, 2.05) is 0 Å². The zero-order valence-corrected chi connectivity index (χ0v) is 11.3. The van der Waals surface area contributed by atoms with E-state index in [9.17, 15) is 14.9 Å². The first-order valence-corrected chi connectivity index (χ1v) is 6.79. The van der Waals surface area contributed by atoms with Crippen molar-refractivity contribution in [3.05, 3.63) is 33.9 Å². The van der Waals surface area contributed by atoms with Gasteiger partial charge >= 0.3 is 0 Å². The van der Waals surface area contributed by atoms with Crippen LogP contribution in [0.15, 0.2) is 18.2 Å². The van der Waals surface area contributed by atoms with E-state index in [-0.39, 0.29) is 11.3 Å². The Kier molecular flexibility index (Phi) is 5.06. The summed E-state index contributed by atoms with van der Waals surface area (Å²) in [5.41, 5.74) is -0.145. The maximum atomic E-state index is 10.8. The number of rotatable bonds is 6. The van der Waals surface area contributed by atoms with Gasteiger partial charge in [-0.15, -0.1) is 0 Å². The molecule has 0 radical (unpaired) electrons. The highest BCUT2D eigenvalue weighted by Gasteiger charge is 2.14. The molecule has 1 heterocycles. The van der Waals surface area contributed by atoms with Gasteiger partial charge in [-0.2, -0.15) is 0 Å². The van der Waals surface area contributed by atoms with Crippen LogP contribution in [0.2, 0.25) is 0 Å². The van der Waals surface area contributed by atoms with Crippen LogP contribution in [0, 0.1) is 10.1 Å². The number of hydrogen-bond donors (Lipinski definition) is 0. The lowest BCUT2D eigenvalue weighted by Crippen LogP contribution is -2.33. The molecule has 0 N–H and O–H groups in total. The normalized spacial score (nSPS) is 15.8. The van der Waals surface area contributed by atoms with Crippen LogP contribution in [0.1, 0.15) is 29.6 Å². The van der Waals surface area contributed by atoms with Gasteiger partial charge in [0.15, 0.2) is 6.29 Å². The molecule has 0 saturated carbocycles. The molecule has 108 valence electrons. The van der Waals surface area contributed by atoms with Crippen molar-refractivity contribution in [1.82, 2.24) is 4.90 Å². The van der Waals surface area contributed by atoms with Crippen LogP contribution in [0.5, 0.6) is 5.75 Å². The number of nitro groups is 1. The largest absolute Gasteiger partial charge is 0.492 e. The Bertz CT molecular complexity index is 484. The van der Waals surface area contributed by atoms with Gasteiger partial charge in [-0.3, -0.25) is 19.8 Å². The van der Waals surface area contributed by atoms with Crippen LogP contribution >= 0.6 is 0 Å². The standard InChI is InChI=1S/C14H18N2O4/c17-11-12-10-13(4-5-14(12)16(18)19)20-9-8-15-6-2-1-3-7-15/h4-5,10-11H,1-3,6-9H2. The van der Waals surface area contributed by atoms with Crippen LogP contribution in [-0.4, -0.2) is 42.4 Å². The van der Waals surface area contributed by atoms with E-state index in [1.165, 1.54) is 37.5 Å². The van der Waals surface area contributed by atoms with Crippen molar-refractivity contribution >= 4 is 12.0 Å². The number of hydrogen-bond acceptors (Lipinski definition) is 5. The van der Waals surface area contributed by atoms with Gasteiger partial charge in [0.2, 0.25) is 0 Å². The molecule has 0 aliphatic carbocycles. The van der Waals surface area contributed by atoms with Crippen LogP contribution < -0.4 is 4.74 Å². The highest BCUT2D eigenvalue weighted by atomic mass is 16.6. The predicted octanol–water partition coefficient (Wildman–Crippen LogP) is 2.27. The van der Waals surface area contributed by atoms with Crippen molar-refractivity contribution in [3.8, 4) is 5.75 Å². The smallest absolute Gasteiger partial charge is 0.280 e. The molecule has 0 atom stereocenters. The first-order chi connectivity index (χ1) is 9.70. The van der Waals surface area contributed by atoms with Crippen LogP contribution in [0.25, 0.3) is 0 Å². The van der Waals surface area contributed by atoms with E-state index in [0.717, 1.165) is 19.6 Å². The van der Waals surface area contributed by atoms with E-state index >= 15 is 0 Å². The van der Waals surface area contributed by atoms with E-state index in [2.05, 4.69) is 4.90 Å². The zero-order valence-electron chi connectivity index (χ0n) is 11.3. The highest BCUT2D eigenvalue weighted by molar-refractivity contribution is 5.82. The molecule has 0 amide bonds. The molecule has 1 aliphatic rings. The SMILES string of the molecule is O=Cc1cc(OCCN2CCCCC2)ccc1[N+](=O)[O-]. The Hall–Kier alpha value is -1.95. The number of nitro benzene ring substituents is 1. The molecule has 1 aliphatic heterocycles. The summed E-state index contributed by atoms with van der Waals surface area (Å²) in [6.45, 7) is 3.57. The maximum Gasteiger partial charge on any atom is 0.280 e. The molecule has 1 aromatic carbocycles. The molecule has 6 heteroatoms. The lowest BCUT2D eigenvalue weighted by Gasteiger charge is -2.26. The third-order valence-electron chi connectivity index (χ3n) is 3.45. The van der Waals surface area contributed by atoms with Gasteiger partial charge in [0.1, 0.15) is 12.4 Å². The second-order valence-electron chi connectivity index (χ2n) is 4.85. The van der Waals surface area contributed by atoms with Crippen molar-refractivity contribution < 1.29 is 14.5 Å². The molecular weight excluding hydrogens is 260 g/mol. The third kappa shape index (κ3) is 3.77. The van der Waals surface area contributed by atoms with Crippen molar-refractivity contribution in [2.24, 2.45) is 0 Å². The summed E-state index contributed by atoms with van der Waals surface area (Å²) in [5.74, 6) is 0.495. The minimum Gasteiger partial charge on any atom is -0.492 e. The number of aldehydes is 1. The number of piperidine rings is 1. The number of benzene rings is 1. The minimum atomic E-state index is -0.568. The lowest BCUT2D eigenvalue weighted by atomic mass is 10.1. The average Bonchev–Trinajstić information content (AvgIpc) is 2.48. The molecule has 6 nitrogen and oxygen atoms in total. The molecule has 1 aromatic rings. The molecule has 1 fully saturated rings. The molecular formula is C14H18N2O4. The molecule has 0 unspecified atom stereocenters. The first kappa shape index (κ1) is 14.5. The summed E-state index contributed by atoms with van der Waals surface area (Å²) in [5, 5.41) is 10.7. The van der Waals surface area contributed by atoms with Crippen LogP contribution in [-0.2, 0) is 0 Å². The second kappa shape index (κ2) is 7.00. The van der Waals surface area contributed by atoms with Gasteiger partial charge < -0.3 is 4.74 Å². The Balaban J connectivity index is 1.89. The predicted molar refractivity (Wildman–Crippen MR) is 74.3 cm³/mol. The number of ether oxygens (including phenoxy) is 1. The Morgan fingerprint density at radius 3 is 2.70 bits per heavy atom. The number of carbonyl (C=O) groups is 1. The van der Waals surface area contributed by atoms with E-state index in [1.54, 1.807) is 0 Å². The van der Waals surface area contributed by atoms with E-state index < -0.39 is 4.92 Å². The number of likely N-dealkylation sites (tertiary alicyclic amines) is 1. The summed E-state index contributed by atoms with van der Waals surface area (Å²) in [4.78, 5) is 23.3. The number of nitrogens with zero attached hydrogens (tertiary/aromatic N) is 2. The van der Waals surface area contributed by atoms with Gasteiger partial charge in [0.25, 0.3) is 5.69 Å². The maximum absolute atomic E-state index is 10.8. The van der Waals surface area contributed by atoms with Crippen molar-refractivity contribution in [1.29, 1.82) is 0 Å². The van der Waals surface area contributed by atoms with Gasteiger partial charge in [0, 0.05) is 12.6 Å². The molecule has 0 aromatic heterocycles. The minimum absolute atomic E-state index is 0.0467. The van der Waals surface area contributed by atoms with E-state index in [4.69, 9.17) is 4.74 Å². The second-order valence-corrected chi connectivity index (χ2v) is 4.85. The fraction of sp³-hybridized carbons (Fsp3) is 0.500. The monoisotopic (exact) mass is 278 g/mol. The topological polar surface area (TPSA) is 72.7 Å². The summed E-state index contributed by atoms with van der Waals surface area (Å²) >= 11 is 0. The fourth-order valence-corrected chi connectivity index (χ4v) is 2.36. The molecule has 0 spiro atoms.